The molecule has 0 unspecified atom stereocenters. The van der Waals surface area contributed by atoms with E-state index in [1.165, 1.54) is 0 Å². The zero-order valence-electron chi connectivity index (χ0n) is 13.7. The first kappa shape index (κ1) is 18.0. The maximum Gasteiger partial charge on any atom is 0.257 e. The summed E-state index contributed by atoms with van der Waals surface area (Å²) < 4.78 is 15.8. The van der Waals surface area contributed by atoms with Crippen LogP contribution < -0.4 is 4.74 Å². The minimum atomic E-state index is -0.0249. The summed E-state index contributed by atoms with van der Waals surface area (Å²) in [6, 6.07) is 5.12. The van der Waals surface area contributed by atoms with Crippen molar-refractivity contribution in [1.82, 2.24) is 4.90 Å². The fraction of sp³-hybridized carbons (Fsp3) is 0.588. The summed E-state index contributed by atoms with van der Waals surface area (Å²) in [6.07, 6.45) is 1.89. The van der Waals surface area contributed by atoms with Gasteiger partial charge in [-0.2, -0.15) is 0 Å². The van der Waals surface area contributed by atoms with E-state index in [9.17, 15) is 4.79 Å². The molecule has 1 aliphatic heterocycles. The second-order valence-corrected chi connectivity index (χ2v) is 6.08. The van der Waals surface area contributed by atoms with Gasteiger partial charge in [-0.15, -0.1) is 0 Å². The molecule has 6 heteroatoms. The summed E-state index contributed by atoms with van der Waals surface area (Å²) in [6.45, 7) is 3.42. The van der Waals surface area contributed by atoms with E-state index in [-0.39, 0.29) is 5.91 Å². The molecule has 1 aromatic carbocycles. The van der Waals surface area contributed by atoms with E-state index >= 15 is 0 Å². The highest BCUT2D eigenvalue weighted by molar-refractivity contribution is 6.31. The number of likely N-dealkylation sites (tertiary alicyclic amines) is 1. The number of methoxy groups -OCH3 is 2. The standard InChI is InChI=1S/C17H24ClNO4/c1-21-9-10-23-12-13-5-7-19(8-6-13)17(20)15-11-14(18)3-4-16(15)22-2/h3-4,11,13H,5-10,12H2,1-2H3. The average molecular weight is 342 g/mol. The molecule has 1 amide bonds. The van der Waals surface area contributed by atoms with Crippen LogP contribution in [0.15, 0.2) is 18.2 Å². The Balaban J connectivity index is 1.87. The molecule has 1 aliphatic rings. The van der Waals surface area contributed by atoms with Crippen molar-refractivity contribution in [1.29, 1.82) is 0 Å². The van der Waals surface area contributed by atoms with Crippen LogP contribution in [0.25, 0.3) is 0 Å². The van der Waals surface area contributed by atoms with Gasteiger partial charge in [0.05, 0.1) is 25.9 Å². The summed E-state index contributed by atoms with van der Waals surface area (Å²) in [5, 5.41) is 0.538. The number of carbonyl (C=O) groups is 1. The summed E-state index contributed by atoms with van der Waals surface area (Å²) in [5.41, 5.74) is 0.523. The molecule has 128 valence electrons. The number of rotatable bonds is 7. The molecule has 1 saturated heterocycles. The molecule has 0 aromatic heterocycles. The van der Waals surface area contributed by atoms with Crippen molar-refractivity contribution < 1.29 is 19.0 Å². The van der Waals surface area contributed by atoms with Crippen molar-refractivity contribution in [2.45, 2.75) is 12.8 Å². The minimum absolute atomic E-state index is 0.0249. The Morgan fingerprint density at radius 2 is 2.00 bits per heavy atom. The molecule has 23 heavy (non-hydrogen) atoms. The minimum Gasteiger partial charge on any atom is -0.496 e. The fourth-order valence-corrected chi connectivity index (χ4v) is 2.88. The molecular weight excluding hydrogens is 318 g/mol. The molecule has 1 aromatic rings. The smallest absolute Gasteiger partial charge is 0.257 e. The van der Waals surface area contributed by atoms with Crippen molar-refractivity contribution in [2.24, 2.45) is 5.92 Å². The van der Waals surface area contributed by atoms with Gasteiger partial charge in [-0.05, 0) is 37.0 Å². The van der Waals surface area contributed by atoms with E-state index < -0.39 is 0 Å². The highest BCUT2D eigenvalue weighted by atomic mass is 35.5. The van der Waals surface area contributed by atoms with Crippen LogP contribution in [0.2, 0.25) is 5.02 Å². The number of nitrogens with zero attached hydrogens (tertiary/aromatic N) is 1. The van der Waals surface area contributed by atoms with Crippen LogP contribution in [-0.2, 0) is 9.47 Å². The van der Waals surface area contributed by atoms with Gasteiger partial charge in [0, 0.05) is 31.8 Å². The van der Waals surface area contributed by atoms with Crippen LogP contribution >= 0.6 is 11.6 Å². The molecule has 0 atom stereocenters. The predicted octanol–water partition coefficient (Wildman–Crippen LogP) is 2.86. The maximum absolute atomic E-state index is 12.7. The highest BCUT2D eigenvalue weighted by Crippen LogP contribution is 2.26. The third-order valence-corrected chi connectivity index (χ3v) is 4.31. The Morgan fingerprint density at radius 3 is 2.65 bits per heavy atom. The zero-order chi connectivity index (χ0) is 16.7. The SMILES string of the molecule is COCCOCC1CCN(C(=O)c2cc(Cl)ccc2OC)CC1. The molecule has 5 nitrogen and oxygen atoms in total. The molecule has 2 rings (SSSR count). The molecule has 0 N–H and O–H groups in total. The second kappa shape index (κ2) is 9.11. The molecule has 1 fully saturated rings. The van der Waals surface area contributed by atoms with E-state index in [2.05, 4.69) is 0 Å². The van der Waals surface area contributed by atoms with E-state index in [1.54, 1.807) is 32.4 Å². The van der Waals surface area contributed by atoms with E-state index in [0.29, 0.717) is 35.5 Å². The lowest BCUT2D eigenvalue weighted by Crippen LogP contribution is -2.39. The molecule has 0 radical (unpaired) electrons. The van der Waals surface area contributed by atoms with Crippen LogP contribution in [0.5, 0.6) is 5.75 Å². The number of hydrogen-bond acceptors (Lipinski definition) is 4. The van der Waals surface area contributed by atoms with E-state index in [1.807, 2.05) is 4.90 Å². The Bertz CT molecular complexity index is 515. The van der Waals surface area contributed by atoms with Crippen LogP contribution in [0.4, 0.5) is 0 Å². The van der Waals surface area contributed by atoms with E-state index in [4.69, 9.17) is 25.8 Å². The lowest BCUT2D eigenvalue weighted by Gasteiger charge is -2.32. The third kappa shape index (κ3) is 5.09. The Hall–Kier alpha value is -1.30. The first-order valence-electron chi connectivity index (χ1n) is 7.85. The number of amides is 1. The number of carbonyl (C=O) groups excluding carboxylic acids is 1. The average Bonchev–Trinajstić information content (AvgIpc) is 2.58. The van der Waals surface area contributed by atoms with Gasteiger partial charge in [0.2, 0.25) is 0 Å². The van der Waals surface area contributed by atoms with Gasteiger partial charge in [0.15, 0.2) is 0 Å². The maximum atomic E-state index is 12.7. The number of hydrogen-bond donors (Lipinski definition) is 0. The molecular formula is C17H24ClNO4. The quantitative estimate of drug-likeness (QED) is 0.715. The van der Waals surface area contributed by atoms with Gasteiger partial charge < -0.3 is 19.1 Å². The largest absolute Gasteiger partial charge is 0.496 e. The molecule has 0 spiro atoms. The van der Waals surface area contributed by atoms with Crippen LogP contribution in [0.1, 0.15) is 23.2 Å². The molecule has 0 saturated carbocycles. The summed E-state index contributed by atoms with van der Waals surface area (Å²) in [7, 11) is 3.22. The van der Waals surface area contributed by atoms with Crippen molar-refractivity contribution in [3.8, 4) is 5.75 Å². The first-order chi connectivity index (χ1) is 11.2. The third-order valence-electron chi connectivity index (χ3n) is 4.08. The van der Waals surface area contributed by atoms with E-state index in [0.717, 1.165) is 32.5 Å². The molecule has 0 bridgehead atoms. The number of halogens is 1. The lowest BCUT2D eigenvalue weighted by atomic mass is 9.97. The van der Waals surface area contributed by atoms with Gasteiger partial charge >= 0.3 is 0 Å². The summed E-state index contributed by atoms with van der Waals surface area (Å²) in [4.78, 5) is 14.5. The normalized spacial score (nSPS) is 15.7. The number of ether oxygens (including phenoxy) is 3. The van der Waals surface area contributed by atoms with Gasteiger partial charge in [-0.3, -0.25) is 4.79 Å². The summed E-state index contributed by atoms with van der Waals surface area (Å²) in [5.74, 6) is 1.03. The topological polar surface area (TPSA) is 48.0 Å². The fourth-order valence-electron chi connectivity index (χ4n) is 2.71. The van der Waals surface area contributed by atoms with Crippen LogP contribution in [-0.4, -0.2) is 57.9 Å². The first-order valence-corrected chi connectivity index (χ1v) is 8.23. The highest BCUT2D eigenvalue weighted by Gasteiger charge is 2.25. The number of piperidine rings is 1. The van der Waals surface area contributed by atoms with Crippen LogP contribution in [0.3, 0.4) is 0 Å². The Kier molecular flexibility index (Phi) is 7.15. The predicted molar refractivity (Wildman–Crippen MR) is 89.3 cm³/mol. The summed E-state index contributed by atoms with van der Waals surface area (Å²) >= 11 is 6.01. The Labute approximate surface area is 142 Å². The molecule has 1 heterocycles. The van der Waals surface area contributed by atoms with Gasteiger partial charge in [-0.1, -0.05) is 11.6 Å². The van der Waals surface area contributed by atoms with Crippen molar-refractivity contribution >= 4 is 17.5 Å². The van der Waals surface area contributed by atoms with Crippen molar-refractivity contribution in [3.63, 3.8) is 0 Å². The van der Waals surface area contributed by atoms with Gasteiger partial charge in [0.25, 0.3) is 5.91 Å². The lowest BCUT2D eigenvalue weighted by molar-refractivity contribution is 0.0327. The van der Waals surface area contributed by atoms with Crippen LogP contribution in [0, 0.1) is 5.92 Å². The molecule has 0 aliphatic carbocycles. The second-order valence-electron chi connectivity index (χ2n) is 5.65. The van der Waals surface area contributed by atoms with Crippen molar-refractivity contribution in [2.75, 3.05) is 47.1 Å². The van der Waals surface area contributed by atoms with Gasteiger partial charge in [-0.25, -0.2) is 0 Å². The monoisotopic (exact) mass is 341 g/mol. The zero-order valence-corrected chi connectivity index (χ0v) is 14.5. The Morgan fingerprint density at radius 1 is 1.26 bits per heavy atom. The van der Waals surface area contributed by atoms with Crippen molar-refractivity contribution in [3.05, 3.63) is 28.8 Å². The van der Waals surface area contributed by atoms with Gasteiger partial charge in [0.1, 0.15) is 5.75 Å². The number of benzene rings is 1.